The molecule has 16 heavy (non-hydrogen) atoms. The van der Waals surface area contributed by atoms with Gasteiger partial charge in [0, 0.05) is 17.9 Å². The number of nitrogens with one attached hydrogen (secondary N) is 1. The number of halogens is 1. The van der Waals surface area contributed by atoms with Gasteiger partial charge in [-0.2, -0.15) is 0 Å². The van der Waals surface area contributed by atoms with E-state index >= 15 is 0 Å². The molecule has 0 aromatic heterocycles. The quantitative estimate of drug-likeness (QED) is 0.696. The Labute approximate surface area is 99.3 Å². The second-order valence-electron chi connectivity index (χ2n) is 3.37. The van der Waals surface area contributed by atoms with Crippen LogP contribution in [-0.4, -0.2) is 12.5 Å². The molecule has 1 aromatic rings. The lowest BCUT2D eigenvalue weighted by Gasteiger charge is -2.06. The molecule has 0 aliphatic heterocycles. The van der Waals surface area contributed by atoms with Crippen LogP contribution >= 0.6 is 11.6 Å². The van der Waals surface area contributed by atoms with E-state index in [1.54, 1.807) is 6.07 Å². The summed E-state index contributed by atoms with van der Waals surface area (Å²) in [5, 5.41) is 2.57. The molecule has 0 saturated carbocycles. The van der Waals surface area contributed by atoms with E-state index in [1.807, 2.05) is 25.1 Å². The first-order chi connectivity index (χ1) is 7.54. The Hall–Kier alpha value is -1.52. The second-order valence-corrected chi connectivity index (χ2v) is 3.74. The highest BCUT2D eigenvalue weighted by Crippen LogP contribution is 2.13. The molecule has 0 spiro atoms. The normalized spacial score (nSPS) is 11.9. The van der Waals surface area contributed by atoms with Crippen LogP contribution in [-0.2, 0) is 4.79 Å². The molecule has 4 nitrogen and oxygen atoms in total. The first kappa shape index (κ1) is 12.5. The molecule has 86 valence electrons. The number of hydrogen-bond donors (Lipinski definition) is 3. The van der Waals surface area contributed by atoms with Gasteiger partial charge in [-0.05, 0) is 24.6 Å². The molecule has 1 rings (SSSR count). The summed E-state index contributed by atoms with van der Waals surface area (Å²) >= 11 is 5.73. The molecule has 0 saturated heterocycles. The highest BCUT2D eigenvalue weighted by Gasteiger charge is 2.10. The summed E-state index contributed by atoms with van der Waals surface area (Å²) in [6.07, 6.45) is 0. The molecule has 0 aliphatic rings. The predicted octanol–water partition coefficient (Wildman–Crippen LogP) is 1.30. The maximum atomic E-state index is 11.6. The van der Waals surface area contributed by atoms with Crippen molar-refractivity contribution in [2.75, 3.05) is 11.9 Å². The van der Waals surface area contributed by atoms with E-state index in [9.17, 15) is 4.79 Å². The Morgan fingerprint density at radius 3 is 2.75 bits per heavy atom. The Morgan fingerprint density at radius 1 is 1.50 bits per heavy atom. The number of hydrogen-bond acceptors (Lipinski definition) is 3. The van der Waals surface area contributed by atoms with Crippen molar-refractivity contribution in [3.8, 4) is 0 Å². The highest BCUT2D eigenvalue weighted by molar-refractivity contribution is 6.44. The third-order valence-corrected chi connectivity index (χ3v) is 2.39. The van der Waals surface area contributed by atoms with Crippen molar-refractivity contribution in [1.82, 2.24) is 0 Å². The van der Waals surface area contributed by atoms with Crippen LogP contribution in [0.3, 0.4) is 0 Å². The van der Waals surface area contributed by atoms with Gasteiger partial charge in [0.1, 0.15) is 5.03 Å². The van der Waals surface area contributed by atoms with Crippen LogP contribution in [0.5, 0.6) is 0 Å². The van der Waals surface area contributed by atoms with Crippen molar-refractivity contribution in [2.24, 2.45) is 11.5 Å². The third kappa shape index (κ3) is 3.25. The Kier molecular flexibility index (Phi) is 4.34. The van der Waals surface area contributed by atoms with Crippen LogP contribution in [0.2, 0.25) is 0 Å². The van der Waals surface area contributed by atoms with Gasteiger partial charge >= 0.3 is 0 Å². The Bertz CT molecular complexity index is 429. The highest BCUT2D eigenvalue weighted by atomic mass is 35.5. The van der Waals surface area contributed by atoms with E-state index < -0.39 is 5.91 Å². The summed E-state index contributed by atoms with van der Waals surface area (Å²) in [4.78, 5) is 11.6. The number of carbonyl (C=O) groups excluding carboxylic acids is 1. The number of benzene rings is 1. The fourth-order valence-corrected chi connectivity index (χ4v) is 1.27. The van der Waals surface area contributed by atoms with Crippen LogP contribution < -0.4 is 16.8 Å². The molecule has 1 aromatic carbocycles. The summed E-state index contributed by atoms with van der Waals surface area (Å²) in [7, 11) is 0. The van der Waals surface area contributed by atoms with Crippen LogP contribution in [0.1, 0.15) is 5.56 Å². The number of anilines is 1. The topological polar surface area (TPSA) is 81.1 Å². The number of aryl methyl sites for hydroxylation is 1. The lowest BCUT2D eigenvalue weighted by atomic mass is 10.2. The van der Waals surface area contributed by atoms with Crippen LogP contribution in [0.15, 0.2) is 35.0 Å². The molecular formula is C11H14ClN3O. The fourth-order valence-electron chi connectivity index (χ4n) is 1.14. The van der Waals surface area contributed by atoms with Crippen molar-refractivity contribution in [3.05, 3.63) is 40.6 Å². The van der Waals surface area contributed by atoms with Gasteiger partial charge in [0.25, 0.3) is 5.91 Å². The third-order valence-electron chi connectivity index (χ3n) is 1.98. The summed E-state index contributed by atoms with van der Waals surface area (Å²) in [6.45, 7) is 1.99. The van der Waals surface area contributed by atoms with Gasteiger partial charge in [0.05, 0.1) is 0 Å². The zero-order valence-electron chi connectivity index (χ0n) is 8.96. The minimum atomic E-state index is -0.449. The molecule has 0 heterocycles. The maximum absolute atomic E-state index is 11.6. The number of nitrogens with two attached hydrogens (primary N) is 2. The Morgan fingerprint density at radius 2 is 2.19 bits per heavy atom. The van der Waals surface area contributed by atoms with Gasteiger partial charge in [0.15, 0.2) is 0 Å². The molecule has 5 heteroatoms. The van der Waals surface area contributed by atoms with Gasteiger partial charge in [-0.3, -0.25) is 4.79 Å². The molecule has 0 aliphatic carbocycles. The monoisotopic (exact) mass is 239 g/mol. The number of amides is 1. The molecule has 5 N–H and O–H groups in total. The van der Waals surface area contributed by atoms with Crippen molar-refractivity contribution < 1.29 is 4.79 Å². The molecule has 0 atom stereocenters. The number of rotatable bonds is 3. The second kappa shape index (κ2) is 5.53. The summed E-state index contributed by atoms with van der Waals surface area (Å²) < 4.78 is 0. The van der Waals surface area contributed by atoms with Crippen molar-refractivity contribution in [1.29, 1.82) is 0 Å². The van der Waals surface area contributed by atoms with Crippen molar-refractivity contribution in [3.63, 3.8) is 0 Å². The Balaban J connectivity index is 2.80. The van der Waals surface area contributed by atoms with E-state index in [4.69, 9.17) is 23.1 Å². The van der Waals surface area contributed by atoms with Gasteiger partial charge in [-0.1, -0.05) is 23.7 Å². The van der Waals surface area contributed by atoms with E-state index in [0.717, 1.165) is 5.56 Å². The standard InChI is InChI=1S/C11H14ClN3O/c1-7-3-2-4-8(5-7)15-11(16)10(12)9(14)6-13/h2-5H,6,13-14H2,1H3,(H,15,16)/b10-9-. The first-order valence-electron chi connectivity index (χ1n) is 4.76. The molecule has 0 unspecified atom stereocenters. The van der Waals surface area contributed by atoms with Crippen molar-refractivity contribution in [2.45, 2.75) is 6.92 Å². The van der Waals surface area contributed by atoms with Crippen LogP contribution in [0.4, 0.5) is 5.69 Å². The average molecular weight is 240 g/mol. The zero-order chi connectivity index (χ0) is 12.1. The lowest BCUT2D eigenvalue weighted by molar-refractivity contribution is -0.112. The summed E-state index contributed by atoms with van der Waals surface area (Å²) in [6, 6.07) is 7.38. The van der Waals surface area contributed by atoms with E-state index in [0.29, 0.717) is 5.69 Å². The summed E-state index contributed by atoms with van der Waals surface area (Å²) in [5.41, 5.74) is 12.6. The number of carbonyl (C=O) groups is 1. The molecule has 1 amide bonds. The SMILES string of the molecule is Cc1cccc(NC(=O)/C(Cl)=C(/N)CN)c1. The van der Waals surface area contributed by atoms with E-state index in [-0.39, 0.29) is 17.3 Å². The van der Waals surface area contributed by atoms with E-state index in [1.165, 1.54) is 0 Å². The molecule has 0 bridgehead atoms. The minimum absolute atomic E-state index is 0.0556. The molecule has 0 radical (unpaired) electrons. The van der Waals surface area contributed by atoms with Crippen LogP contribution in [0, 0.1) is 6.92 Å². The van der Waals surface area contributed by atoms with Gasteiger partial charge < -0.3 is 16.8 Å². The van der Waals surface area contributed by atoms with Crippen molar-refractivity contribution >= 4 is 23.2 Å². The average Bonchev–Trinajstić information content (AvgIpc) is 2.27. The predicted molar refractivity (Wildman–Crippen MR) is 65.9 cm³/mol. The summed E-state index contributed by atoms with van der Waals surface area (Å²) in [5.74, 6) is -0.449. The van der Waals surface area contributed by atoms with Gasteiger partial charge in [-0.15, -0.1) is 0 Å². The molecule has 0 fully saturated rings. The zero-order valence-corrected chi connectivity index (χ0v) is 9.71. The van der Waals surface area contributed by atoms with Gasteiger partial charge in [0.2, 0.25) is 0 Å². The largest absolute Gasteiger partial charge is 0.400 e. The van der Waals surface area contributed by atoms with Crippen LogP contribution in [0.25, 0.3) is 0 Å². The first-order valence-corrected chi connectivity index (χ1v) is 5.14. The minimum Gasteiger partial charge on any atom is -0.400 e. The smallest absolute Gasteiger partial charge is 0.268 e. The van der Waals surface area contributed by atoms with Gasteiger partial charge in [-0.25, -0.2) is 0 Å². The maximum Gasteiger partial charge on any atom is 0.268 e. The fraction of sp³-hybridized carbons (Fsp3) is 0.182. The lowest BCUT2D eigenvalue weighted by Crippen LogP contribution is -2.20. The molecular weight excluding hydrogens is 226 g/mol. The van der Waals surface area contributed by atoms with E-state index in [2.05, 4.69) is 5.32 Å².